The van der Waals surface area contributed by atoms with Crippen molar-refractivity contribution < 1.29 is 28.5 Å². The highest BCUT2D eigenvalue weighted by Crippen LogP contribution is 2.39. The van der Waals surface area contributed by atoms with Gasteiger partial charge in [-0.3, -0.25) is 4.79 Å². The average Bonchev–Trinajstić information content (AvgIpc) is 3.35. The van der Waals surface area contributed by atoms with Crippen molar-refractivity contribution in [2.45, 2.75) is 38.8 Å². The minimum atomic E-state index is -0.463. The second-order valence-corrected chi connectivity index (χ2v) is 9.94. The Morgan fingerprint density at radius 3 is 2.24 bits per heavy atom. The van der Waals surface area contributed by atoms with Gasteiger partial charge in [-0.25, -0.2) is 9.80 Å². The molecule has 0 aliphatic carbocycles. The largest absolute Gasteiger partial charge is 0.497 e. The highest BCUT2D eigenvalue weighted by molar-refractivity contribution is 6.03. The summed E-state index contributed by atoms with van der Waals surface area (Å²) in [6.07, 6.45) is 0.452. The molecule has 1 aliphatic heterocycles. The van der Waals surface area contributed by atoms with E-state index >= 15 is 0 Å². The minimum absolute atomic E-state index is 0.173. The van der Waals surface area contributed by atoms with Gasteiger partial charge in [0.15, 0.2) is 0 Å². The van der Waals surface area contributed by atoms with E-state index in [1.54, 1.807) is 34.5 Å². The monoisotopic (exact) mass is 526 g/mol. The van der Waals surface area contributed by atoms with Gasteiger partial charge in [-0.1, -0.05) is 0 Å². The number of amides is 3. The van der Waals surface area contributed by atoms with E-state index in [0.717, 1.165) is 22.6 Å². The molecule has 3 rings (SSSR count). The van der Waals surface area contributed by atoms with Crippen molar-refractivity contribution in [3.05, 3.63) is 53.6 Å². The number of benzene rings is 2. The molecule has 2 aromatic carbocycles. The number of ether oxygens (including phenoxy) is 4. The van der Waals surface area contributed by atoms with Crippen LogP contribution < -0.4 is 19.5 Å². The third-order valence-electron chi connectivity index (χ3n) is 6.05. The lowest BCUT2D eigenvalue weighted by Gasteiger charge is -2.30. The molecule has 1 heterocycles. The number of rotatable bonds is 10. The second-order valence-electron chi connectivity index (χ2n) is 9.94. The van der Waals surface area contributed by atoms with Gasteiger partial charge in [-0.05, 0) is 68.8 Å². The second kappa shape index (κ2) is 12.6. The molecule has 10 heteroatoms. The van der Waals surface area contributed by atoms with Crippen LogP contribution in [0.25, 0.3) is 0 Å². The van der Waals surface area contributed by atoms with E-state index in [0.29, 0.717) is 24.5 Å². The zero-order valence-corrected chi connectivity index (χ0v) is 23.2. The van der Waals surface area contributed by atoms with Crippen molar-refractivity contribution in [3.63, 3.8) is 0 Å². The minimum Gasteiger partial charge on any atom is -0.497 e. The van der Waals surface area contributed by atoms with Crippen LogP contribution >= 0.6 is 0 Å². The first kappa shape index (κ1) is 28.8. The van der Waals surface area contributed by atoms with Crippen molar-refractivity contribution in [3.8, 4) is 17.2 Å². The topological polar surface area (TPSA) is 102 Å². The Morgan fingerprint density at radius 1 is 1.00 bits per heavy atom. The molecule has 2 aromatic rings. The Balaban J connectivity index is 1.98. The predicted octanol–water partition coefficient (Wildman–Crippen LogP) is 3.85. The summed E-state index contributed by atoms with van der Waals surface area (Å²) in [5.74, 6) is 1.65. The molecule has 0 aromatic heterocycles. The molecule has 0 saturated carbocycles. The molecule has 1 N–H and O–H groups in total. The number of nitrogens with zero attached hydrogens (tertiary/aromatic N) is 3. The Kier molecular flexibility index (Phi) is 9.57. The van der Waals surface area contributed by atoms with Gasteiger partial charge in [0, 0.05) is 31.2 Å². The molecule has 0 unspecified atom stereocenters. The third-order valence-corrected chi connectivity index (χ3v) is 6.05. The summed E-state index contributed by atoms with van der Waals surface area (Å²) < 4.78 is 21.5. The summed E-state index contributed by atoms with van der Waals surface area (Å²) in [5.41, 5.74) is 1.90. The van der Waals surface area contributed by atoms with Crippen molar-refractivity contribution in [1.82, 2.24) is 15.2 Å². The normalized spacial score (nSPS) is 15.1. The van der Waals surface area contributed by atoms with Gasteiger partial charge in [0.25, 0.3) is 5.91 Å². The number of carbonyl (C=O) groups is 2. The molecule has 1 aliphatic rings. The van der Waals surface area contributed by atoms with Crippen molar-refractivity contribution in [1.29, 1.82) is 0 Å². The van der Waals surface area contributed by atoms with Crippen molar-refractivity contribution in [2.24, 2.45) is 5.10 Å². The van der Waals surface area contributed by atoms with Crippen LogP contribution in [0.15, 0.2) is 47.6 Å². The molecule has 1 atom stereocenters. The van der Waals surface area contributed by atoms with Crippen LogP contribution in [0.5, 0.6) is 17.2 Å². The number of urea groups is 1. The van der Waals surface area contributed by atoms with Gasteiger partial charge in [0.05, 0.1) is 39.7 Å². The Hall–Kier alpha value is -3.79. The highest BCUT2D eigenvalue weighted by Gasteiger charge is 2.36. The number of hydrogen-bond donors (Lipinski definition) is 1. The fourth-order valence-corrected chi connectivity index (χ4v) is 4.13. The lowest BCUT2D eigenvalue weighted by atomic mass is 9.97. The van der Waals surface area contributed by atoms with E-state index < -0.39 is 11.6 Å². The number of carbonyl (C=O) groups excluding carboxylic acids is 2. The van der Waals surface area contributed by atoms with Crippen LogP contribution in [0, 0.1) is 0 Å². The maximum atomic E-state index is 13.8. The number of nitrogens with one attached hydrogen (secondary N) is 1. The summed E-state index contributed by atoms with van der Waals surface area (Å²) in [6.45, 7) is 6.03. The van der Waals surface area contributed by atoms with Gasteiger partial charge in [-0.15, -0.1) is 0 Å². The molecular formula is C28H38N4O6. The van der Waals surface area contributed by atoms with E-state index in [4.69, 9.17) is 24.0 Å². The van der Waals surface area contributed by atoms with Crippen molar-refractivity contribution in [2.75, 3.05) is 48.1 Å². The summed E-state index contributed by atoms with van der Waals surface area (Å²) in [5, 5.41) is 9.11. The maximum Gasteiger partial charge on any atom is 0.318 e. The number of hydrogen-bond acceptors (Lipinski definition) is 7. The van der Waals surface area contributed by atoms with E-state index in [-0.39, 0.29) is 25.0 Å². The number of methoxy groups -OCH3 is 4. The Labute approximate surface area is 224 Å². The van der Waals surface area contributed by atoms with E-state index in [9.17, 15) is 9.59 Å². The van der Waals surface area contributed by atoms with Crippen LogP contribution in [-0.2, 0) is 9.53 Å². The molecule has 10 nitrogen and oxygen atoms in total. The van der Waals surface area contributed by atoms with Crippen LogP contribution in [0.1, 0.15) is 44.4 Å². The van der Waals surface area contributed by atoms with Crippen LogP contribution in [0.3, 0.4) is 0 Å². The number of hydrazone groups is 1. The lowest BCUT2D eigenvalue weighted by molar-refractivity contribution is -0.133. The van der Waals surface area contributed by atoms with Gasteiger partial charge < -0.3 is 29.2 Å². The Morgan fingerprint density at radius 2 is 1.66 bits per heavy atom. The highest BCUT2D eigenvalue weighted by atomic mass is 16.5. The van der Waals surface area contributed by atoms with E-state index in [2.05, 4.69) is 5.32 Å². The van der Waals surface area contributed by atoms with Gasteiger partial charge in [0.2, 0.25) is 0 Å². The molecule has 3 amide bonds. The molecular weight excluding hydrogens is 488 g/mol. The van der Waals surface area contributed by atoms with Crippen LogP contribution in [-0.4, -0.2) is 81.2 Å². The predicted molar refractivity (Wildman–Crippen MR) is 145 cm³/mol. The van der Waals surface area contributed by atoms with E-state index in [1.165, 1.54) is 9.91 Å². The first-order valence-corrected chi connectivity index (χ1v) is 12.4. The third kappa shape index (κ3) is 7.16. The summed E-state index contributed by atoms with van der Waals surface area (Å²) >= 11 is 0. The average molecular weight is 527 g/mol. The first-order chi connectivity index (χ1) is 18.1. The smallest absolute Gasteiger partial charge is 0.318 e. The lowest BCUT2D eigenvalue weighted by Crippen LogP contribution is -2.52. The van der Waals surface area contributed by atoms with Gasteiger partial charge >= 0.3 is 6.03 Å². The molecule has 0 saturated heterocycles. The molecule has 0 bridgehead atoms. The standard InChI is InChI=1S/C28H38N4O6/c1-28(2,3)29-27(34)31(14-15-35-4)18-26(33)32-24(22-16-21(37-6)12-13-25(22)38-7)17-23(30-32)19-8-10-20(36-5)11-9-19/h8-13,16,24H,14-15,17-18H2,1-7H3,(H,29,34)/t24-/m0/s1. The zero-order valence-electron chi connectivity index (χ0n) is 23.2. The Bertz CT molecular complexity index is 1140. The molecule has 0 radical (unpaired) electrons. The molecule has 0 spiro atoms. The maximum absolute atomic E-state index is 13.8. The van der Waals surface area contributed by atoms with Crippen LogP contribution in [0.4, 0.5) is 4.79 Å². The first-order valence-electron chi connectivity index (χ1n) is 12.4. The van der Waals surface area contributed by atoms with Crippen molar-refractivity contribution >= 4 is 17.6 Å². The van der Waals surface area contributed by atoms with Crippen LogP contribution in [0.2, 0.25) is 0 Å². The summed E-state index contributed by atoms with van der Waals surface area (Å²) in [6, 6.07) is 12.2. The summed E-state index contributed by atoms with van der Waals surface area (Å²) in [7, 11) is 6.34. The zero-order chi connectivity index (χ0) is 27.9. The fourth-order valence-electron chi connectivity index (χ4n) is 4.13. The SMILES string of the molecule is COCCN(CC(=O)N1N=C(c2ccc(OC)cc2)C[C@H]1c1cc(OC)ccc1OC)C(=O)NC(C)(C)C. The molecule has 0 fully saturated rings. The molecule has 38 heavy (non-hydrogen) atoms. The van der Waals surface area contributed by atoms with Gasteiger partial charge in [-0.2, -0.15) is 5.10 Å². The van der Waals surface area contributed by atoms with E-state index in [1.807, 2.05) is 57.2 Å². The fraction of sp³-hybridized carbons (Fsp3) is 0.464. The quantitative estimate of drug-likeness (QED) is 0.505. The van der Waals surface area contributed by atoms with Gasteiger partial charge in [0.1, 0.15) is 23.8 Å². The molecule has 206 valence electrons. The summed E-state index contributed by atoms with van der Waals surface area (Å²) in [4.78, 5) is 28.2.